The topological polar surface area (TPSA) is 65.2 Å². The molecule has 0 aliphatic carbocycles. The fourth-order valence-electron chi connectivity index (χ4n) is 2.31. The highest BCUT2D eigenvalue weighted by Gasteiger charge is 2.25. The summed E-state index contributed by atoms with van der Waals surface area (Å²) in [7, 11) is -3.40. The van der Waals surface area contributed by atoms with Crippen LogP contribution in [0.4, 0.5) is 0 Å². The lowest BCUT2D eigenvalue weighted by Crippen LogP contribution is -2.34. The van der Waals surface area contributed by atoms with Gasteiger partial charge in [0.05, 0.1) is 4.90 Å². The Morgan fingerprint density at radius 1 is 1.24 bits per heavy atom. The van der Waals surface area contributed by atoms with Crippen LogP contribution in [0.5, 0.6) is 0 Å². The average molecular weight is 315 g/mol. The summed E-state index contributed by atoms with van der Waals surface area (Å²) >= 11 is 0. The molecule has 0 unspecified atom stereocenters. The number of H-pyrrole nitrogens is 1. The van der Waals surface area contributed by atoms with Crippen LogP contribution in [0.2, 0.25) is 0 Å². The first-order chi connectivity index (χ1) is 9.99. The van der Waals surface area contributed by atoms with Crippen LogP contribution in [-0.4, -0.2) is 37.3 Å². The average Bonchev–Trinajstić information content (AvgIpc) is 2.95. The highest BCUT2D eigenvalue weighted by Crippen LogP contribution is 2.20. The first-order valence-corrected chi connectivity index (χ1v) is 9.31. The van der Waals surface area contributed by atoms with E-state index >= 15 is 0 Å². The largest absolute Gasteiger partial charge is 0.363 e. The molecule has 0 radical (unpaired) electrons. The molecule has 21 heavy (non-hydrogen) atoms. The van der Waals surface area contributed by atoms with Crippen molar-refractivity contribution in [3.63, 3.8) is 0 Å². The Bertz CT molecular complexity index is 507. The van der Waals surface area contributed by atoms with Crippen molar-refractivity contribution in [2.24, 2.45) is 5.92 Å². The molecule has 0 saturated heterocycles. The number of aromatic nitrogens is 1. The minimum Gasteiger partial charge on any atom is -0.363 e. The third kappa shape index (κ3) is 4.83. The molecule has 0 aliphatic rings. The van der Waals surface area contributed by atoms with Gasteiger partial charge < -0.3 is 10.3 Å². The Hall–Kier alpha value is -0.850. The van der Waals surface area contributed by atoms with E-state index < -0.39 is 10.0 Å². The maximum absolute atomic E-state index is 12.7. The molecule has 1 rings (SSSR count). The highest BCUT2D eigenvalue weighted by atomic mass is 32.2. The van der Waals surface area contributed by atoms with Gasteiger partial charge in [-0.2, -0.15) is 4.31 Å². The van der Waals surface area contributed by atoms with Crippen LogP contribution < -0.4 is 5.32 Å². The van der Waals surface area contributed by atoms with Crippen LogP contribution in [0.3, 0.4) is 0 Å². The zero-order valence-corrected chi connectivity index (χ0v) is 14.5. The van der Waals surface area contributed by atoms with Gasteiger partial charge in [-0.15, -0.1) is 0 Å². The van der Waals surface area contributed by atoms with Crippen molar-refractivity contribution in [3.8, 4) is 0 Å². The first kappa shape index (κ1) is 18.2. The fraction of sp³-hybridized carbons (Fsp3) is 0.733. The predicted octanol–water partition coefficient (Wildman–Crippen LogP) is 2.57. The SMILES string of the molecule is CCNCc1cc(S(=O)(=O)N(CC)CC(CC)CC)c[nH]1. The molecule has 0 bridgehead atoms. The minimum absolute atomic E-state index is 0.364. The summed E-state index contributed by atoms with van der Waals surface area (Å²) in [6, 6.07) is 1.73. The highest BCUT2D eigenvalue weighted by molar-refractivity contribution is 7.89. The number of hydrogen-bond donors (Lipinski definition) is 2. The third-order valence-corrected chi connectivity index (χ3v) is 5.81. The quantitative estimate of drug-likeness (QED) is 0.697. The van der Waals surface area contributed by atoms with Crippen molar-refractivity contribution in [2.45, 2.75) is 52.0 Å². The van der Waals surface area contributed by atoms with Gasteiger partial charge in [0, 0.05) is 31.5 Å². The number of nitrogens with zero attached hydrogens (tertiary/aromatic N) is 1. The molecule has 2 N–H and O–H groups in total. The van der Waals surface area contributed by atoms with Gasteiger partial charge in [0.1, 0.15) is 0 Å². The van der Waals surface area contributed by atoms with Crippen LogP contribution in [0.25, 0.3) is 0 Å². The molecule has 0 amide bonds. The molecular weight excluding hydrogens is 286 g/mol. The molecule has 0 spiro atoms. The van der Waals surface area contributed by atoms with Crippen LogP contribution in [-0.2, 0) is 16.6 Å². The van der Waals surface area contributed by atoms with Gasteiger partial charge in [0.25, 0.3) is 0 Å². The lowest BCUT2D eigenvalue weighted by molar-refractivity contribution is 0.339. The summed E-state index contributed by atoms with van der Waals surface area (Å²) in [4.78, 5) is 3.40. The van der Waals surface area contributed by atoms with Crippen molar-refractivity contribution in [3.05, 3.63) is 18.0 Å². The molecule has 0 aliphatic heterocycles. The fourth-order valence-corrected chi connectivity index (χ4v) is 3.85. The zero-order chi connectivity index (χ0) is 15.9. The van der Waals surface area contributed by atoms with E-state index in [2.05, 4.69) is 24.1 Å². The zero-order valence-electron chi connectivity index (χ0n) is 13.6. The van der Waals surface area contributed by atoms with Crippen LogP contribution >= 0.6 is 0 Å². The van der Waals surface area contributed by atoms with E-state index in [1.165, 1.54) is 0 Å². The molecule has 1 heterocycles. The summed E-state index contributed by atoms with van der Waals surface area (Å²) in [5.74, 6) is 0.417. The normalized spacial score (nSPS) is 12.5. The summed E-state index contributed by atoms with van der Waals surface area (Å²) in [5, 5.41) is 3.18. The summed E-state index contributed by atoms with van der Waals surface area (Å²) in [6.07, 6.45) is 3.60. The molecule has 0 fully saturated rings. The van der Waals surface area contributed by atoms with Gasteiger partial charge >= 0.3 is 0 Å². The van der Waals surface area contributed by atoms with Gasteiger partial charge in [-0.05, 0) is 18.5 Å². The molecule has 0 saturated carbocycles. The molecule has 1 aromatic rings. The second-order valence-electron chi connectivity index (χ2n) is 5.28. The smallest absolute Gasteiger partial charge is 0.244 e. The Kier molecular flexibility index (Phi) is 7.42. The summed E-state index contributed by atoms with van der Waals surface area (Å²) in [5.41, 5.74) is 0.897. The monoisotopic (exact) mass is 315 g/mol. The van der Waals surface area contributed by atoms with Gasteiger partial charge in [0.2, 0.25) is 10.0 Å². The maximum atomic E-state index is 12.7. The van der Waals surface area contributed by atoms with E-state index in [0.29, 0.717) is 30.4 Å². The van der Waals surface area contributed by atoms with Crippen LogP contribution in [0, 0.1) is 5.92 Å². The Labute approximate surface area is 129 Å². The Morgan fingerprint density at radius 2 is 1.90 bits per heavy atom. The van der Waals surface area contributed by atoms with Crippen molar-refractivity contribution >= 4 is 10.0 Å². The van der Waals surface area contributed by atoms with E-state index in [4.69, 9.17) is 0 Å². The van der Waals surface area contributed by atoms with Gasteiger partial charge in [-0.1, -0.05) is 40.5 Å². The van der Waals surface area contributed by atoms with Crippen LogP contribution in [0.1, 0.15) is 46.2 Å². The number of aromatic amines is 1. The molecule has 0 aromatic carbocycles. The van der Waals surface area contributed by atoms with Gasteiger partial charge in [-0.3, -0.25) is 0 Å². The Morgan fingerprint density at radius 3 is 2.43 bits per heavy atom. The second kappa shape index (κ2) is 8.56. The van der Waals surface area contributed by atoms with Crippen molar-refractivity contribution in [1.82, 2.24) is 14.6 Å². The van der Waals surface area contributed by atoms with Crippen molar-refractivity contribution in [1.29, 1.82) is 0 Å². The lowest BCUT2D eigenvalue weighted by Gasteiger charge is -2.24. The Balaban J connectivity index is 2.88. The van der Waals surface area contributed by atoms with Gasteiger partial charge in [0.15, 0.2) is 0 Å². The summed E-state index contributed by atoms with van der Waals surface area (Å²) < 4.78 is 27.0. The maximum Gasteiger partial charge on any atom is 0.244 e. The van der Waals surface area contributed by atoms with E-state index in [1.54, 1.807) is 16.6 Å². The number of nitrogens with one attached hydrogen (secondary N) is 2. The van der Waals surface area contributed by atoms with Crippen LogP contribution in [0.15, 0.2) is 17.2 Å². The predicted molar refractivity (Wildman–Crippen MR) is 86.7 cm³/mol. The van der Waals surface area contributed by atoms with Gasteiger partial charge in [-0.25, -0.2) is 8.42 Å². The van der Waals surface area contributed by atoms with Crippen molar-refractivity contribution in [2.75, 3.05) is 19.6 Å². The number of sulfonamides is 1. The summed E-state index contributed by atoms with van der Waals surface area (Å²) in [6.45, 7) is 10.8. The van der Waals surface area contributed by atoms with E-state index in [0.717, 1.165) is 25.1 Å². The molecule has 0 atom stereocenters. The van der Waals surface area contributed by atoms with E-state index in [1.807, 2.05) is 13.8 Å². The molecule has 1 aromatic heterocycles. The second-order valence-corrected chi connectivity index (χ2v) is 7.22. The number of hydrogen-bond acceptors (Lipinski definition) is 3. The van der Waals surface area contributed by atoms with Crippen molar-refractivity contribution < 1.29 is 8.42 Å². The molecule has 122 valence electrons. The van der Waals surface area contributed by atoms with E-state index in [9.17, 15) is 8.42 Å². The minimum atomic E-state index is -3.40. The molecular formula is C15H29N3O2S. The van der Waals surface area contributed by atoms with E-state index in [-0.39, 0.29) is 0 Å². The standard InChI is InChI=1S/C15H29N3O2S/c1-5-13(6-2)12-18(8-4)21(19,20)15-9-14(17-11-15)10-16-7-3/h9,11,13,16-17H,5-8,10,12H2,1-4H3. The third-order valence-electron chi connectivity index (χ3n) is 3.89. The first-order valence-electron chi connectivity index (χ1n) is 7.87. The molecule has 6 heteroatoms. The number of rotatable bonds is 10. The lowest BCUT2D eigenvalue weighted by atomic mass is 10.0. The molecule has 5 nitrogen and oxygen atoms in total.